The van der Waals surface area contributed by atoms with Gasteiger partial charge in [-0.25, -0.2) is 4.39 Å². The van der Waals surface area contributed by atoms with Gasteiger partial charge in [0.05, 0.1) is 11.7 Å². The van der Waals surface area contributed by atoms with Crippen LogP contribution in [0.1, 0.15) is 43.7 Å². The highest BCUT2D eigenvalue weighted by Crippen LogP contribution is 2.36. The maximum Gasteiger partial charge on any atom is 0.231 e. The number of carbonyl (C=O) groups excluding carboxylic acids is 1. The minimum Gasteiger partial charge on any atom is -0.454 e. The molecule has 1 aliphatic carbocycles. The summed E-state index contributed by atoms with van der Waals surface area (Å²) in [5.41, 5.74) is 1.75. The minimum atomic E-state index is -0.182. The van der Waals surface area contributed by atoms with Gasteiger partial charge in [0.2, 0.25) is 12.7 Å². The lowest BCUT2D eigenvalue weighted by Crippen LogP contribution is -2.50. The van der Waals surface area contributed by atoms with E-state index >= 15 is 0 Å². The number of benzene rings is 2. The van der Waals surface area contributed by atoms with Gasteiger partial charge in [-0.1, -0.05) is 37.5 Å². The summed E-state index contributed by atoms with van der Waals surface area (Å²) < 4.78 is 25.4. The number of nitrogens with zero attached hydrogens (tertiary/aromatic N) is 2. The van der Waals surface area contributed by atoms with Crippen molar-refractivity contribution in [3.05, 3.63) is 53.8 Å². The first-order chi connectivity index (χ1) is 16.2. The molecule has 2 heterocycles. The molecule has 6 nitrogen and oxygen atoms in total. The average molecular weight is 454 g/mol. The van der Waals surface area contributed by atoms with Crippen LogP contribution in [-0.2, 0) is 4.79 Å². The van der Waals surface area contributed by atoms with E-state index in [2.05, 4.69) is 21.2 Å². The van der Waals surface area contributed by atoms with Crippen LogP contribution >= 0.6 is 0 Å². The van der Waals surface area contributed by atoms with Crippen LogP contribution < -0.4 is 19.7 Å². The summed E-state index contributed by atoms with van der Waals surface area (Å²) in [6, 6.07) is 13.0. The van der Waals surface area contributed by atoms with E-state index in [0.29, 0.717) is 12.2 Å². The Morgan fingerprint density at radius 3 is 2.55 bits per heavy atom. The van der Waals surface area contributed by atoms with Gasteiger partial charge in [-0.2, -0.15) is 0 Å². The van der Waals surface area contributed by atoms with Crippen molar-refractivity contribution in [2.75, 3.05) is 44.4 Å². The van der Waals surface area contributed by atoms with Crippen molar-refractivity contribution in [2.24, 2.45) is 5.92 Å². The molecule has 1 amide bonds. The number of rotatable bonds is 6. The van der Waals surface area contributed by atoms with Crippen LogP contribution in [0.3, 0.4) is 0 Å². The first kappa shape index (κ1) is 22.0. The van der Waals surface area contributed by atoms with E-state index in [1.165, 1.54) is 12.5 Å². The number of halogens is 1. The Hall–Kier alpha value is -2.80. The number of piperazine rings is 1. The summed E-state index contributed by atoms with van der Waals surface area (Å²) in [6.07, 6.45) is 5.49. The van der Waals surface area contributed by atoms with E-state index < -0.39 is 0 Å². The molecule has 0 radical (unpaired) electrons. The molecule has 0 aromatic heterocycles. The van der Waals surface area contributed by atoms with Gasteiger partial charge in [0.15, 0.2) is 11.5 Å². The molecule has 3 aliphatic rings. The molecule has 1 N–H and O–H groups in total. The molecular weight excluding hydrogens is 421 g/mol. The molecule has 176 valence electrons. The molecule has 1 saturated carbocycles. The van der Waals surface area contributed by atoms with Gasteiger partial charge >= 0.3 is 0 Å². The van der Waals surface area contributed by atoms with E-state index in [-0.39, 0.29) is 30.5 Å². The largest absolute Gasteiger partial charge is 0.454 e. The summed E-state index contributed by atoms with van der Waals surface area (Å²) in [5.74, 6) is 1.63. The minimum absolute atomic E-state index is 0.0230. The molecule has 1 saturated heterocycles. The zero-order chi connectivity index (χ0) is 22.6. The SMILES string of the molecule is O=C(NCC(c1ccc2c(c1)OCO2)N1CCN(c2ccccc2F)CC1)C1CCCCC1. The Morgan fingerprint density at radius 2 is 1.76 bits per heavy atom. The van der Waals surface area contributed by atoms with E-state index in [9.17, 15) is 9.18 Å². The maximum atomic E-state index is 14.3. The fraction of sp³-hybridized carbons (Fsp3) is 0.500. The van der Waals surface area contributed by atoms with Crippen molar-refractivity contribution in [1.82, 2.24) is 10.2 Å². The van der Waals surface area contributed by atoms with Crippen molar-refractivity contribution in [3.8, 4) is 11.5 Å². The standard InChI is InChI=1S/C26H32FN3O3/c27-21-8-4-5-9-22(21)29-12-14-30(15-13-29)23(17-28-26(31)19-6-2-1-3-7-19)20-10-11-24-25(16-20)33-18-32-24/h4-5,8-11,16,19,23H,1-3,6-7,12-15,17-18H2,(H,28,31). The van der Waals surface area contributed by atoms with Crippen molar-refractivity contribution in [2.45, 2.75) is 38.1 Å². The lowest BCUT2D eigenvalue weighted by atomic mass is 9.88. The van der Waals surface area contributed by atoms with Gasteiger partial charge in [0.25, 0.3) is 0 Å². The molecule has 2 aromatic carbocycles. The van der Waals surface area contributed by atoms with Crippen molar-refractivity contribution in [3.63, 3.8) is 0 Å². The monoisotopic (exact) mass is 453 g/mol. The summed E-state index contributed by atoms with van der Waals surface area (Å²) in [7, 11) is 0. The van der Waals surface area contributed by atoms with E-state index in [1.54, 1.807) is 6.07 Å². The number of amides is 1. The van der Waals surface area contributed by atoms with Crippen LogP contribution in [0.2, 0.25) is 0 Å². The van der Waals surface area contributed by atoms with Crippen molar-refractivity contribution < 1.29 is 18.7 Å². The Kier molecular flexibility index (Phi) is 6.67. The summed E-state index contributed by atoms with van der Waals surface area (Å²) in [4.78, 5) is 17.3. The van der Waals surface area contributed by atoms with Crippen LogP contribution in [0.5, 0.6) is 11.5 Å². The van der Waals surface area contributed by atoms with Crippen LogP contribution in [0.15, 0.2) is 42.5 Å². The second kappa shape index (κ2) is 10.00. The molecule has 1 atom stereocenters. The Labute approximate surface area is 194 Å². The highest BCUT2D eigenvalue weighted by molar-refractivity contribution is 5.78. The van der Waals surface area contributed by atoms with Gasteiger partial charge in [0, 0.05) is 38.6 Å². The fourth-order valence-electron chi connectivity index (χ4n) is 5.27. The highest BCUT2D eigenvalue weighted by atomic mass is 19.1. The molecular formula is C26H32FN3O3. The van der Waals surface area contributed by atoms with Gasteiger partial charge in [-0.3, -0.25) is 9.69 Å². The molecule has 7 heteroatoms. The number of anilines is 1. The summed E-state index contributed by atoms with van der Waals surface area (Å²) in [6.45, 7) is 3.83. The molecule has 2 aliphatic heterocycles. The topological polar surface area (TPSA) is 54.0 Å². The third kappa shape index (κ3) is 4.93. The van der Waals surface area contributed by atoms with E-state index in [0.717, 1.165) is 68.9 Å². The number of hydrogen-bond donors (Lipinski definition) is 1. The first-order valence-electron chi connectivity index (χ1n) is 12.1. The number of nitrogens with one attached hydrogen (secondary N) is 1. The maximum absolute atomic E-state index is 14.3. The average Bonchev–Trinajstić information content (AvgIpc) is 3.33. The van der Waals surface area contributed by atoms with Gasteiger partial charge < -0.3 is 19.7 Å². The molecule has 33 heavy (non-hydrogen) atoms. The Bertz CT molecular complexity index is 971. The number of carbonyl (C=O) groups is 1. The third-order valence-electron chi connectivity index (χ3n) is 7.18. The lowest BCUT2D eigenvalue weighted by molar-refractivity contribution is -0.126. The molecule has 0 spiro atoms. The second-order valence-electron chi connectivity index (χ2n) is 9.18. The highest BCUT2D eigenvalue weighted by Gasteiger charge is 2.29. The zero-order valence-electron chi connectivity index (χ0n) is 19.0. The Balaban J connectivity index is 1.29. The molecule has 5 rings (SSSR count). The van der Waals surface area contributed by atoms with Gasteiger partial charge in [0.1, 0.15) is 5.82 Å². The van der Waals surface area contributed by atoms with E-state index in [1.807, 2.05) is 24.3 Å². The van der Waals surface area contributed by atoms with Crippen molar-refractivity contribution >= 4 is 11.6 Å². The van der Waals surface area contributed by atoms with Crippen LogP contribution in [0.4, 0.5) is 10.1 Å². The molecule has 2 aromatic rings. The lowest BCUT2D eigenvalue weighted by Gasteiger charge is -2.40. The third-order valence-corrected chi connectivity index (χ3v) is 7.18. The first-order valence-corrected chi connectivity index (χ1v) is 12.1. The normalized spacial score (nSPS) is 20.0. The summed E-state index contributed by atoms with van der Waals surface area (Å²) >= 11 is 0. The smallest absolute Gasteiger partial charge is 0.231 e. The zero-order valence-corrected chi connectivity index (χ0v) is 19.0. The van der Waals surface area contributed by atoms with Crippen molar-refractivity contribution in [1.29, 1.82) is 0 Å². The number of fused-ring (bicyclic) bond motifs is 1. The Morgan fingerprint density at radius 1 is 1.00 bits per heavy atom. The van der Waals surface area contributed by atoms with E-state index in [4.69, 9.17) is 9.47 Å². The fourth-order valence-corrected chi connectivity index (χ4v) is 5.27. The molecule has 1 unspecified atom stereocenters. The number of ether oxygens (including phenoxy) is 2. The van der Waals surface area contributed by atoms with Gasteiger partial charge in [-0.15, -0.1) is 0 Å². The van der Waals surface area contributed by atoms with Crippen LogP contribution in [0, 0.1) is 11.7 Å². The van der Waals surface area contributed by atoms with Crippen LogP contribution in [0.25, 0.3) is 0 Å². The molecule has 0 bridgehead atoms. The van der Waals surface area contributed by atoms with Gasteiger partial charge in [-0.05, 0) is 42.7 Å². The molecule has 2 fully saturated rings. The predicted octanol–water partition coefficient (Wildman–Crippen LogP) is 4.11. The number of para-hydroxylation sites is 1. The predicted molar refractivity (Wildman–Crippen MR) is 125 cm³/mol. The second-order valence-corrected chi connectivity index (χ2v) is 9.18. The quantitative estimate of drug-likeness (QED) is 0.713. The van der Waals surface area contributed by atoms with Crippen LogP contribution in [-0.4, -0.2) is 50.3 Å². The number of hydrogen-bond acceptors (Lipinski definition) is 5. The summed E-state index contributed by atoms with van der Waals surface area (Å²) in [5, 5.41) is 3.24.